The minimum atomic E-state index is -3.42. The molecule has 1 fully saturated rings. The van der Waals surface area contributed by atoms with Crippen LogP contribution in [0.15, 0.2) is 16.3 Å². The molecular formula is C9H13NO3S2. The maximum absolute atomic E-state index is 11.9. The number of rotatable bonds is 4. The lowest BCUT2D eigenvalue weighted by Gasteiger charge is -2.26. The van der Waals surface area contributed by atoms with Gasteiger partial charge in [-0.2, -0.15) is 0 Å². The third-order valence-electron chi connectivity index (χ3n) is 2.56. The molecule has 0 saturated heterocycles. The maximum atomic E-state index is 11.9. The van der Waals surface area contributed by atoms with Crippen molar-refractivity contribution in [3.8, 4) is 0 Å². The zero-order valence-corrected chi connectivity index (χ0v) is 9.77. The number of hydrogen-bond acceptors (Lipinski definition) is 4. The normalized spacial score (nSPS) is 17.7. The predicted molar refractivity (Wildman–Crippen MR) is 58.2 cm³/mol. The summed E-state index contributed by atoms with van der Waals surface area (Å²) in [5, 5.41) is 10.7. The number of thiophene rings is 1. The van der Waals surface area contributed by atoms with Crippen molar-refractivity contribution >= 4 is 21.4 Å². The van der Waals surface area contributed by atoms with Crippen molar-refractivity contribution in [2.45, 2.75) is 36.8 Å². The summed E-state index contributed by atoms with van der Waals surface area (Å²) in [5.74, 6) is 0. The Morgan fingerprint density at radius 1 is 1.53 bits per heavy atom. The third kappa shape index (κ3) is 2.23. The molecule has 1 aliphatic rings. The van der Waals surface area contributed by atoms with Crippen molar-refractivity contribution in [2.24, 2.45) is 0 Å². The van der Waals surface area contributed by atoms with E-state index in [0.717, 1.165) is 19.3 Å². The van der Waals surface area contributed by atoms with Gasteiger partial charge in [-0.1, -0.05) is 6.42 Å². The van der Waals surface area contributed by atoms with Gasteiger partial charge in [0.1, 0.15) is 0 Å². The number of hydrogen-bond donors (Lipinski definition) is 2. The molecule has 1 aromatic rings. The average molecular weight is 247 g/mol. The van der Waals surface area contributed by atoms with E-state index in [9.17, 15) is 8.42 Å². The van der Waals surface area contributed by atoms with Gasteiger partial charge < -0.3 is 5.11 Å². The quantitative estimate of drug-likeness (QED) is 0.836. The van der Waals surface area contributed by atoms with Crippen LogP contribution in [0, 0.1) is 0 Å². The molecule has 1 saturated carbocycles. The monoisotopic (exact) mass is 247 g/mol. The Morgan fingerprint density at radius 2 is 2.27 bits per heavy atom. The van der Waals surface area contributed by atoms with Gasteiger partial charge in [0.05, 0.1) is 11.5 Å². The molecule has 0 unspecified atom stereocenters. The molecule has 6 heteroatoms. The number of nitrogens with one attached hydrogen (secondary N) is 1. The number of aliphatic hydroxyl groups excluding tert-OH is 1. The Kier molecular flexibility index (Phi) is 3.11. The van der Waals surface area contributed by atoms with Gasteiger partial charge >= 0.3 is 0 Å². The SMILES string of the molecule is O=S(=O)(NC1CCC1)c1ccsc1CO. The Labute approximate surface area is 93.0 Å². The molecule has 0 amide bonds. The van der Waals surface area contributed by atoms with E-state index < -0.39 is 10.0 Å². The number of aliphatic hydroxyl groups is 1. The summed E-state index contributed by atoms with van der Waals surface area (Å²) in [7, 11) is -3.42. The van der Waals surface area contributed by atoms with Crippen LogP contribution in [0.4, 0.5) is 0 Å². The van der Waals surface area contributed by atoms with Crippen LogP contribution >= 0.6 is 11.3 Å². The van der Waals surface area contributed by atoms with E-state index in [-0.39, 0.29) is 17.5 Å². The Balaban J connectivity index is 2.20. The smallest absolute Gasteiger partial charge is 0.242 e. The summed E-state index contributed by atoms with van der Waals surface area (Å²) in [5.41, 5.74) is 0. The molecule has 0 atom stereocenters. The Morgan fingerprint density at radius 3 is 2.80 bits per heavy atom. The van der Waals surface area contributed by atoms with E-state index in [4.69, 9.17) is 5.11 Å². The predicted octanol–water partition coefficient (Wildman–Crippen LogP) is 1.07. The molecule has 2 rings (SSSR count). The second-order valence-electron chi connectivity index (χ2n) is 3.62. The van der Waals surface area contributed by atoms with Crippen LogP contribution in [0.2, 0.25) is 0 Å². The fourth-order valence-electron chi connectivity index (χ4n) is 1.49. The van der Waals surface area contributed by atoms with Crippen LogP contribution in [-0.2, 0) is 16.6 Å². The lowest BCUT2D eigenvalue weighted by molar-refractivity contribution is 0.282. The van der Waals surface area contributed by atoms with Gasteiger partial charge in [0.25, 0.3) is 0 Å². The minimum absolute atomic E-state index is 0.0847. The molecule has 0 radical (unpaired) electrons. The molecular weight excluding hydrogens is 234 g/mol. The first kappa shape index (κ1) is 11.1. The van der Waals surface area contributed by atoms with E-state index in [1.165, 1.54) is 17.4 Å². The standard InChI is InChI=1S/C9H13NO3S2/c11-6-8-9(4-5-14-8)15(12,13)10-7-2-1-3-7/h4-5,7,10-11H,1-3,6H2. The van der Waals surface area contributed by atoms with Gasteiger partial charge in [-0.15, -0.1) is 11.3 Å². The van der Waals surface area contributed by atoms with Crippen LogP contribution in [0.5, 0.6) is 0 Å². The highest BCUT2D eigenvalue weighted by molar-refractivity contribution is 7.89. The molecule has 0 aliphatic heterocycles. The molecule has 1 aliphatic carbocycles. The summed E-state index contributed by atoms with van der Waals surface area (Å²) in [6.07, 6.45) is 2.92. The Hall–Kier alpha value is -0.430. The van der Waals surface area contributed by atoms with Crippen molar-refractivity contribution in [1.29, 1.82) is 0 Å². The van der Waals surface area contributed by atoms with E-state index in [2.05, 4.69) is 4.72 Å². The molecule has 1 aromatic heterocycles. The second-order valence-corrected chi connectivity index (χ2v) is 6.30. The van der Waals surface area contributed by atoms with Gasteiger partial charge in [0.15, 0.2) is 0 Å². The summed E-state index contributed by atoms with van der Waals surface area (Å²) in [6.45, 7) is -0.224. The van der Waals surface area contributed by atoms with Crippen LogP contribution < -0.4 is 4.72 Å². The third-order valence-corrected chi connectivity index (χ3v) is 5.20. The highest BCUT2D eigenvalue weighted by Crippen LogP contribution is 2.25. The van der Waals surface area contributed by atoms with Crippen LogP contribution in [-0.4, -0.2) is 19.6 Å². The second kappa shape index (κ2) is 4.21. The molecule has 0 aromatic carbocycles. The highest BCUT2D eigenvalue weighted by atomic mass is 32.2. The van der Waals surface area contributed by atoms with Crippen molar-refractivity contribution in [3.05, 3.63) is 16.3 Å². The summed E-state index contributed by atoms with van der Waals surface area (Å²) >= 11 is 1.26. The largest absolute Gasteiger partial charge is 0.391 e. The first-order chi connectivity index (χ1) is 7.13. The summed E-state index contributed by atoms with van der Waals surface area (Å²) < 4.78 is 26.4. The van der Waals surface area contributed by atoms with Gasteiger partial charge in [-0.3, -0.25) is 0 Å². The zero-order valence-electron chi connectivity index (χ0n) is 8.14. The molecule has 4 nitrogen and oxygen atoms in total. The van der Waals surface area contributed by atoms with Crippen molar-refractivity contribution in [2.75, 3.05) is 0 Å². The van der Waals surface area contributed by atoms with E-state index >= 15 is 0 Å². The van der Waals surface area contributed by atoms with Crippen LogP contribution in [0.25, 0.3) is 0 Å². The molecule has 15 heavy (non-hydrogen) atoms. The Bertz CT molecular complexity index is 434. The van der Waals surface area contributed by atoms with Gasteiger partial charge in [0.2, 0.25) is 10.0 Å². The fraction of sp³-hybridized carbons (Fsp3) is 0.556. The van der Waals surface area contributed by atoms with Crippen molar-refractivity contribution < 1.29 is 13.5 Å². The molecule has 1 heterocycles. The molecule has 0 spiro atoms. The first-order valence-corrected chi connectivity index (χ1v) is 7.19. The lowest BCUT2D eigenvalue weighted by Crippen LogP contribution is -2.39. The van der Waals surface area contributed by atoms with Crippen LogP contribution in [0.1, 0.15) is 24.1 Å². The highest BCUT2D eigenvalue weighted by Gasteiger charge is 2.26. The van der Waals surface area contributed by atoms with Crippen LogP contribution in [0.3, 0.4) is 0 Å². The molecule has 2 N–H and O–H groups in total. The van der Waals surface area contributed by atoms with Gasteiger partial charge in [-0.05, 0) is 24.3 Å². The average Bonchev–Trinajstić information content (AvgIpc) is 2.60. The zero-order chi connectivity index (χ0) is 10.9. The maximum Gasteiger partial charge on any atom is 0.242 e. The first-order valence-electron chi connectivity index (χ1n) is 4.83. The minimum Gasteiger partial charge on any atom is -0.391 e. The van der Waals surface area contributed by atoms with Crippen molar-refractivity contribution in [1.82, 2.24) is 4.72 Å². The topological polar surface area (TPSA) is 66.4 Å². The van der Waals surface area contributed by atoms with E-state index in [1.54, 1.807) is 5.38 Å². The summed E-state index contributed by atoms with van der Waals surface area (Å²) in [6, 6.07) is 1.62. The fourth-order valence-corrected chi connectivity index (χ4v) is 4.09. The van der Waals surface area contributed by atoms with E-state index in [1.807, 2.05) is 0 Å². The molecule has 84 valence electrons. The number of sulfonamides is 1. The van der Waals surface area contributed by atoms with E-state index in [0.29, 0.717) is 4.88 Å². The van der Waals surface area contributed by atoms with Crippen molar-refractivity contribution in [3.63, 3.8) is 0 Å². The molecule has 0 bridgehead atoms. The van der Waals surface area contributed by atoms with Gasteiger partial charge in [0, 0.05) is 10.9 Å². The lowest BCUT2D eigenvalue weighted by atomic mass is 9.94. The van der Waals surface area contributed by atoms with Gasteiger partial charge in [-0.25, -0.2) is 13.1 Å². The summed E-state index contributed by atoms with van der Waals surface area (Å²) in [4.78, 5) is 0.726.